The summed E-state index contributed by atoms with van der Waals surface area (Å²) in [5.74, 6) is -1.73. The number of hydrogen-bond acceptors (Lipinski definition) is 4. The summed E-state index contributed by atoms with van der Waals surface area (Å²) in [6.07, 6.45) is 2.81. The van der Waals surface area contributed by atoms with Gasteiger partial charge < -0.3 is 9.47 Å². The minimum atomic E-state index is -0.737. The lowest BCUT2D eigenvalue weighted by Gasteiger charge is -2.03. The predicted molar refractivity (Wildman–Crippen MR) is 67.3 cm³/mol. The van der Waals surface area contributed by atoms with Crippen LogP contribution in [0.15, 0.2) is 48.7 Å². The van der Waals surface area contributed by atoms with Crippen LogP contribution in [0.4, 0.5) is 0 Å². The zero-order valence-corrected chi connectivity index (χ0v) is 10.1. The summed E-state index contributed by atoms with van der Waals surface area (Å²) >= 11 is 0. The highest BCUT2D eigenvalue weighted by molar-refractivity contribution is 5.93. The maximum Gasteiger partial charge on any atom is 0.373 e. The number of hydrogen-bond donors (Lipinski definition) is 0. The molecule has 0 aliphatic carbocycles. The lowest BCUT2D eigenvalue weighted by atomic mass is 10.2. The Balaban J connectivity index is 2.50. The molecular weight excluding hydrogens is 232 g/mol. The van der Waals surface area contributed by atoms with Gasteiger partial charge >= 0.3 is 11.9 Å². The average Bonchev–Trinajstić information content (AvgIpc) is 2.38. The molecule has 1 rings (SSSR count). The van der Waals surface area contributed by atoms with Crippen molar-refractivity contribution in [3.05, 3.63) is 54.3 Å². The van der Waals surface area contributed by atoms with Gasteiger partial charge in [0.05, 0.1) is 6.61 Å². The fraction of sp³-hybridized carbons (Fsp3) is 0.143. The van der Waals surface area contributed by atoms with E-state index in [4.69, 9.17) is 4.74 Å². The molecule has 0 aliphatic rings. The molecule has 0 radical (unpaired) electrons. The number of benzene rings is 1. The highest BCUT2D eigenvalue weighted by Crippen LogP contribution is 2.03. The molecule has 0 fully saturated rings. The third-order valence-electron chi connectivity index (χ3n) is 1.94. The van der Waals surface area contributed by atoms with Gasteiger partial charge in [0.1, 0.15) is 0 Å². The Morgan fingerprint density at radius 1 is 1.28 bits per heavy atom. The largest absolute Gasteiger partial charge is 0.460 e. The Morgan fingerprint density at radius 3 is 2.56 bits per heavy atom. The monoisotopic (exact) mass is 246 g/mol. The summed E-state index contributed by atoms with van der Waals surface area (Å²) in [4.78, 5) is 22.5. The van der Waals surface area contributed by atoms with Crippen molar-refractivity contribution in [3.63, 3.8) is 0 Å². The number of esters is 2. The highest BCUT2D eigenvalue weighted by Gasteiger charge is 2.11. The SMILES string of the molecule is C=C(OC(=O)/C=C/c1ccccc1)C(=O)OCC. The average molecular weight is 246 g/mol. The number of ether oxygens (including phenoxy) is 2. The fourth-order valence-electron chi connectivity index (χ4n) is 1.14. The summed E-state index contributed by atoms with van der Waals surface area (Å²) in [5, 5.41) is 0. The molecule has 0 saturated carbocycles. The summed E-state index contributed by atoms with van der Waals surface area (Å²) in [6.45, 7) is 5.18. The first kappa shape index (κ1) is 13.7. The second kappa shape index (κ2) is 7.06. The second-order valence-electron chi connectivity index (χ2n) is 3.31. The number of carbonyl (C=O) groups is 2. The van der Waals surface area contributed by atoms with Crippen LogP contribution in [0.5, 0.6) is 0 Å². The Kier molecular flexibility index (Phi) is 5.38. The summed E-state index contributed by atoms with van der Waals surface area (Å²) in [6, 6.07) is 9.25. The van der Waals surface area contributed by atoms with E-state index in [9.17, 15) is 9.59 Å². The maximum atomic E-state index is 11.4. The first-order valence-corrected chi connectivity index (χ1v) is 5.44. The third-order valence-corrected chi connectivity index (χ3v) is 1.94. The molecule has 0 bridgehead atoms. The molecule has 0 aromatic heterocycles. The molecule has 0 amide bonds. The van der Waals surface area contributed by atoms with Gasteiger partial charge in [-0.25, -0.2) is 9.59 Å². The second-order valence-corrected chi connectivity index (χ2v) is 3.31. The van der Waals surface area contributed by atoms with Crippen molar-refractivity contribution in [2.75, 3.05) is 6.61 Å². The molecule has 0 N–H and O–H groups in total. The van der Waals surface area contributed by atoms with E-state index in [1.165, 1.54) is 6.08 Å². The van der Waals surface area contributed by atoms with Crippen LogP contribution in [0.25, 0.3) is 6.08 Å². The molecule has 0 heterocycles. The normalized spacial score (nSPS) is 10.1. The van der Waals surface area contributed by atoms with Gasteiger partial charge in [0.25, 0.3) is 0 Å². The van der Waals surface area contributed by atoms with Gasteiger partial charge in [-0.2, -0.15) is 0 Å². The van der Waals surface area contributed by atoms with Crippen molar-refractivity contribution < 1.29 is 19.1 Å². The zero-order chi connectivity index (χ0) is 13.4. The van der Waals surface area contributed by atoms with E-state index in [2.05, 4.69) is 11.3 Å². The van der Waals surface area contributed by atoms with Crippen LogP contribution in [-0.2, 0) is 19.1 Å². The van der Waals surface area contributed by atoms with Crippen LogP contribution < -0.4 is 0 Å². The van der Waals surface area contributed by atoms with E-state index >= 15 is 0 Å². The minimum Gasteiger partial charge on any atom is -0.460 e. The molecule has 1 aromatic carbocycles. The Bertz CT molecular complexity index is 460. The quantitative estimate of drug-likeness (QED) is 0.454. The lowest BCUT2D eigenvalue weighted by Crippen LogP contribution is -2.12. The van der Waals surface area contributed by atoms with Gasteiger partial charge in [-0.05, 0) is 25.1 Å². The highest BCUT2D eigenvalue weighted by atomic mass is 16.6. The van der Waals surface area contributed by atoms with Gasteiger partial charge in [0.15, 0.2) is 0 Å². The van der Waals surface area contributed by atoms with Crippen molar-refractivity contribution in [2.45, 2.75) is 6.92 Å². The zero-order valence-electron chi connectivity index (χ0n) is 10.1. The van der Waals surface area contributed by atoms with Crippen LogP contribution >= 0.6 is 0 Å². The van der Waals surface area contributed by atoms with E-state index in [1.807, 2.05) is 30.3 Å². The molecule has 0 spiro atoms. The number of carbonyl (C=O) groups excluding carboxylic acids is 2. The lowest BCUT2D eigenvalue weighted by molar-refractivity contribution is -0.148. The van der Waals surface area contributed by atoms with Crippen molar-refractivity contribution in [1.82, 2.24) is 0 Å². The third kappa shape index (κ3) is 4.65. The van der Waals surface area contributed by atoms with Crippen LogP contribution in [0, 0.1) is 0 Å². The van der Waals surface area contributed by atoms with Crippen molar-refractivity contribution >= 4 is 18.0 Å². The van der Waals surface area contributed by atoms with E-state index < -0.39 is 11.9 Å². The van der Waals surface area contributed by atoms with Gasteiger partial charge in [-0.15, -0.1) is 0 Å². The van der Waals surface area contributed by atoms with Crippen LogP contribution in [0.1, 0.15) is 12.5 Å². The van der Waals surface area contributed by atoms with E-state index in [-0.39, 0.29) is 12.4 Å². The Hall–Kier alpha value is -2.36. The molecule has 94 valence electrons. The molecule has 0 atom stereocenters. The molecule has 0 aliphatic heterocycles. The number of rotatable bonds is 5. The Labute approximate surface area is 106 Å². The summed E-state index contributed by atoms with van der Waals surface area (Å²) < 4.78 is 9.32. The van der Waals surface area contributed by atoms with Crippen molar-refractivity contribution in [2.24, 2.45) is 0 Å². The molecule has 4 nitrogen and oxygen atoms in total. The molecule has 0 saturated heterocycles. The molecule has 0 unspecified atom stereocenters. The van der Waals surface area contributed by atoms with Crippen LogP contribution in [0.3, 0.4) is 0 Å². The van der Waals surface area contributed by atoms with E-state index in [0.29, 0.717) is 0 Å². The van der Waals surface area contributed by atoms with Gasteiger partial charge in [-0.1, -0.05) is 30.3 Å². The van der Waals surface area contributed by atoms with E-state index in [0.717, 1.165) is 5.56 Å². The maximum absolute atomic E-state index is 11.4. The molecular formula is C14H14O4. The van der Waals surface area contributed by atoms with Crippen molar-refractivity contribution in [3.8, 4) is 0 Å². The van der Waals surface area contributed by atoms with E-state index in [1.54, 1.807) is 13.0 Å². The molecule has 1 aromatic rings. The van der Waals surface area contributed by atoms with Gasteiger partial charge in [-0.3, -0.25) is 0 Å². The van der Waals surface area contributed by atoms with Crippen molar-refractivity contribution in [1.29, 1.82) is 0 Å². The molecule has 18 heavy (non-hydrogen) atoms. The standard InChI is InChI=1S/C14H14O4/c1-3-17-14(16)11(2)18-13(15)10-9-12-7-5-4-6-8-12/h4-10H,2-3H2,1H3/b10-9+. The first-order valence-electron chi connectivity index (χ1n) is 5.44. The van der Waals surface area contributed by atoms with Crippen LogP contribution in [0.2, 0.25) is 0 Å². The van der Waals surface area contributed by atoms with Crippen LogP contribution in [-0.4, -0.2) is 18.5 Å². The topological polar surface area (TPSA) is 52.6 Å². The smallest absolute Gasteiger partial charge is 0.373 e. The summed E-state index contributed by atoms with van der Waals surface area (Å²) in [5.41, 5.74) is 0.858. The Morgan fingerprint density at radius 2 is 1.94 bits per heavy atom. The van der Waals surface area contributed by atoms with Gasteiger partial charge in [0.2, 0.25) is 5.76 Å². The molecule has 4 heteroatoms. The first-order chi connectivity index (χ1) is 8.63. The fourth-order valence-corrected chi connectivity index (χ4v) is 1.14. The van der Waals surface area contributed by atoms with Gasteiger partial charge in [0, 0.05) is 6.08 Å². The predicted octanol–water partition coefficient (Wildman–Crippen LogP) is 2.32. The minimum absolute atomic E-state index is 0.204. The summed E-state index contributed by atoms with van der Waals surface area (Å²) in [7, 11) is 0.